The van der Waals surface area contributed by atoms with Crippen LogP contribution in [0, 0.1) is 12.7 Å². The Labute approximate surface area is 99.0 Å². The molecule has 1 fully saturated rings. The minimum atomic E-state index is -0.247. The molecule has 17 heavy (non-hydrogen) atoms. The first-order valence-corrected chi connectivity index (χ1v) is 5.90. The van der Waals surface area contributed by atoms with Gasteiger partial charge in [-0.05, 0) is 43.5 Å². The molecule has 0 saturated heterocycles. The first kappa shape index (κ1) is 10.5. The van der Waals surface area contributed by atoms with Crippen molar-refractivity contribution in [1.82, 2.24) is 4.57 Å². The summed E-state index contributed by atoms with van der Waals surface area (Å²) >= 11 is 0. The van der Waals surface area contributed by atoms with Crippen LogP contribution in [0.5, 0.6) is 0 Å². The highest BCUT2D eigenvalue weighted by atomic mass is 19.1. The molecule has 0 amide bonds. The molecule has 1 aliphatic rings. The third-order valence-electron chi connectivity index (χ3n) is 3.46. The molecular weight excluding hydrogens is 217 g/mol. The topological polar surface area (TPSA) is 22.0 Å². The second-order valence-corrected chi connectivity index (χ2v) is 4.79. The van der Waals surface area contributed by atoms with Crippen LogP contribution in [-0.2, 0) is 0 Å². The number of halogens is 1. The molecular formula is C14H14FNO. The van der Waals surface area contributed by atoms with Crippen LogP contribution in [0.3, 0.4) is 0 Å². The largest absolute Gasteiger partial charge is 0.335 e. The highest BCUT2D eigenvalue weighted by Gasteiger charge is 2.30. The van der Waals surface area contributed by atoms with Crippen LogP contribution < -0.4 is 0 Å². The lowest BCUT2D eigenvalue weighted by atomic mass is 10.1. The lowest BCUT2D eigenvalue weighted by Gasteiger charge is -2.07. The van der Waals surface area contributed by atoms with Crippen LogP contribution in [0.4, 0.5) is 4.39 Å². The van der Waals surface area contributed by atoms with Gasteiger partial charge in [0.1, 0.15) is 5.82 Å². The van der Waals surface area contributed by atoms with Gasteiger partial charge in [0.15, 0.2) is 5.78 Å². The average molecular weight is 231 g/mol. The Balaban J connectivity index is 2.40. The van der Waals surface area contributed by atoms with Gasteiger partial charge in [-0.2, -0.15) is 0 Å². The summed E-state index contributed by atoms with van der Waals surface area (Å²) in [4.78, 5) is 11.8. The summed E-state index contributed by atoms with van der Waals surface area (Å²) in [7, 11) is 0. The van der Waals surface area contributed by atoms with Crippen molar-refractivity contribution in [1.29, 1.82) is 0 Å². The molecule has 0 atom stereocenters. The monoisotopic (exact) mass is 231 g/mol. The van der Waals surface area contributed by atoms with Crippen molar-refractivity contribution in [3.05, 3.63) is 35.3 Å². The van der Waals surface area contributed by atoms with Gasteiger partial charge in [0.05, 0.1) is 5.69 Å². The van der Waals surface area contributed by atoms with Gasteiger partial charge in [0, 0.05) is 23.9 Å². The molecule has 2 nitrogen and oxygen atoms in total. The number of ketones is 1. The Morgan fingerprint density at radius 1 is 1.41 bits per heavy atom. The second kappa shape index (κ2) is 3.42. The predicted octanol–water partition coefficient (Wildman–Crippen LogP) is 3.63. The summed E-state index contributed by atoms with van der Waals surface area (Å²) in [6.07, 6.45) is 2.22. The number of fused-ring (bicyclic) bond motifs is 1. The highest BCUT2D eigenvalue weighted by molar-refractivity contribution is 6.01. The molecule has 0 spiro atoms. The van der Waals surface area contributed by atoms with E-state index in [1.165, 1.54) is 12.1 Å². The zero-order chi connectivity index (χ0) is 12.2. The molecule has 0 bridgehead atoms. The van der Waals surface area contributed by atoms with Gasteiger partial charge >= 0.3 is 0 Å². The van der Waals surface area contributed by atoms with Crippen molar-refractivity contribution < 1.29 is 9.18 Å². The lowest BCUT2D eigenvalue weighted by Crippen LogP contribution is -2.05. The van der Waals surface area contributed by atoms with Crippen LogP contribution in [0.2, 0.25) is 0 Å². The van der Waals surface area contributed by atoms with Crippen molar-refractivity contribution in [2.75, 3.05) is 0 Å². The molecule has 3 heteroatoms. The molecule has 3 rings (SSSR count). The van der Waals surface area contributed by atoms with Gasteiger partial charge in [-0.1, -0.05) is 0 Å². The van der Waals surface area contributed by atoms with Gasteiger partial charge < -0.3 is 4.57 Å². The average Bonchev–Trinajstić information content (AvgIpc) is 3.05. The van der Waals surface area contributed by atoms with Crippen LogP contribution >= 0.6 is 0 Å². The number of nitrogens with zero attached hydrogens (tertiary/aromatic N) is 1. The van der Waals surface area contributed by atoms with Crippen molar-refractivity contribution in [2.24, 2.45) is 0 Å². The maximum absolute atomic E-state index is 13.3. The number of rotatable bonds is 2. The number of carbonyl (C=O) groups is 1. The number of hydrogen-bond donors (Lipinski definition) is 0. The number of hydrogen-bond acceptors (Lipinski definition) is 1. The summed E-state index contributed by atoms with van der Waals surface area (Å²) in [6, 6.07) is 5.19. The van der Waals surface area contributed by atoms with E-state index in [-0.39, 0.29) is 11.6 Å². The minimum absolute atomic E-state index is 0.0611. The highest BCUT2D eigenvalue weighted by Crippen LogP contribution is 2.41. The Bertz CT molecular complexity index is 623. The second-order valence-electron chi connectivity index (χ2n) is 4.79. The van der Waals surface area contributed by atoms with E-state index in [4.69, 9.17) is 0 Å². The molecule has 0 aliphatic heterocycles. The number of aromatic nitrogens is 1. The maximum atomic E-state index is 13.3. The first-order valence-electron chi connectivity index (χ1n) is 5.90. The van der Waals surface area contributed by atoms with Crippen molar-refractivity contribution in [3.8, 4) is 0 Å². The van der Waals surface area contributed by atoms with E-state index >= 15 is 0 Å². The van der Waals surface area contributed by atoms with E-state index in [0.717, 1.165) is 35.0 Å². The summed E-state index contributed by atoms with van der Waals surface area (Å²) in [5, 5.41) is 0.863. The fourth-order valence-electron chi connectivity index (χ4n) is 2.59. The van der Waals surface area contributed by atoms with Crippen LogP contribution in [0.1, 0.15) is 41.9 Å². The van der Waals surface area contributed by atoms with Crippen LogP contribution in [0.25, 0.3) is 10.9 Å². The predicted molar refractivity (Wildman–Crippen MR) is 64.9 cm³/mol. The normalized spacial score (nSPS) is 15.5. The Kier molecular flexibility index (Phi) is 2.12. The molecule has 2 aromatic rings. The van der Waals surface area contributed by atoms with E-state index in [2.05, 4.69) is 4.57 Å². The van der Waals surface area contributed by atoms with Gasteiger partial charge in [-0.25, -0.2) is 4.39 Å². The van der Waals surface area contributed by atoms with E-state index in [1.54, 1.807) is 13.0 Å². The molecule has 1 aliphatic carbocycles. The van der Waals surface area contributed by atoms with E-state index in [9.17, 15) is 9.18 Å². The van der Waals surface area contributed by atoms with Crippen molar-refractivity contribution in [2.45, 2.75) is 32.7 Å². The van der Waals surface area contributed by atoms with E-state index < -0.39 is 0 Å². The molecule has 88 valence electrons. The fourth-order valence-corrected chi connectivity index (χ4v) is 2.59. The smallest absolute Gasteiger partial charge is 0.176 e. The molecule has 1 aromatic heterocycles. The Morgan fingerprint density at radius 2 is 2.12 bits per heavy atom. The quantitative estimate of drug-likeness (QED) is 0.723. The van der Waals surface area contributed by atoms with Gasteiger partial charge in [0.2, 0.25) is 0 Å². The standard InChI is InChI=1S/C14H14FNO/c1-8-12-7-10(15)3-6-13(12)16(11-4-5-11)14(8)9(2)17/h3,6-7,11H,4-5H2,1-2H3. The van der Waals surface area contributed by atoms with E-state index in [1.807, 2.05) is 6.92 Å². The summed E-state index contributed by atoms with van der Waals surface area (Å²) in [5.74, 6) is -0.186. The van der Waals surface area contributed by atoms with Crippen molar-refractivity contribution in [3.63, 3.8) is 0 Å². The summed E-state index contributed by atoms with van der Waals surface area (Å²) in [6.45, 7) is 3.48. The lowest BCUT2D eigenvalue weighted by molar-refractivity contribution is 0.100. The third kappa shape index (κ3) is 1.49. The minimum Gasteiger partial charge on any atom is -0.335 e. The molecule has 1 saturated carbocycles. The van der Waals surface area contributed by atoms with Crippen LogP contribution in [0.15, 0.2) is 18.2 Å². The number of Topliss-reactive ketones (excluding diaryl/α,β-unsaturated/α-hetero) is 1. The zero-order valence-corrected chi connectivity index (χ0v) is 9.96. The Hall–Kier alpha value is -1.64. The Morgan fingerprint density at radius 3 is 2.71 bits per heavy atom. The first-order chi connectivity index (χ1) is 8.09. The van der Waals surface area contributed by atoms with Crippen molar-refractivity contribution >= 4 is 16.7 Å². The van der Waals surface area contributed by atoms with Gasteiger partial charge in [0.25, 0.3) is 0 Å². The molecule has 0 N–H and O–H groups in total. The number of benzene rings is 1. The molecule has 0 unspecified atom stereocenters. The molecule has 1 aromatic carbocycles. The molecule has 1 heterocycles. The third-order valence-corrected chi connectivity index (χ3v) is 3.46. The van der Waals surface area contributed by atoms with E-state index in [0.29, 0.717) is 6.04 Å². The maximum Gasteiger partial charge on any atom is 0.176 e. The van der Waals surface area contributed by atoms with Gasteiger partial charge in [-0.15, -0.1) is 0 Å². The number of carbonyl (C=O) groups excluding carboxylic acids is 1. The van der Waals surface area contributed by atoms with Crippen LogP contribution in [-0.4, -0.2) is 10.4 Å². The SMILES string of the molecule is CC(=O)c1c(C)c2cc(F)ccc2n1C1CC1. The summed E-state index contributed by atoms with van der Waals surface area (Å²) in [5.41, 5.74) is 2.63. The summed E-state index contributed by atoms with van der Waals surface area (Å²) < 4.78 is 15.4. The zero-order valence-electron chi connectivity index (χ0n) is 9.96. The fraction of sp³-hybridized carbons (Fsp3) is 0.357. The van der Waals surface area contributed by atoms with Gasteiger partial charge in [-0.3, -0.25) is 4.79 Å². The number of aryl methyl sites for hydroxylation is 1. The molecule has 0 radical (unpaired) electrons.